The summed E-state index contributed by atoms with van der Waals surface area (Å²) in [6.45, 7) is 3.83. The Morgan fingerprint density at radius 3 is 2.74 bits per heavy atom. The van der Waals surface area contributed by atoms with E-state index in [-0.39, 0.29) is 19.1 Å². The third-order valence-electron chi connectivity index (χ3n) is 3.62. The van der Waals surface area contributed by atoms with Crippen LogP contribution in [0.4, 0.5) is 11.4 Å². The Bertz CT molecular complexity index is 499. The lowest BCUT2D eigenvalue weighted by Gasteiger charge is -2.16. The summed E-state index contributed by atoms with van der Waals surface area (Å²) in [7, 11) is 1.77. The number of aliphatic hydroxyl groups is 2. The summed E-state index contributed by atoms with van der Waals surface area (Å²) in [5, 5.41) is 21.1. The first kappa shape index (κ1) is 13.8. The minimum absolute atomic E-state index is 0.0787. The van der Waals surface area contributed by atoms with Crippen LogP contribution in [0.1, 0.15) is 19.4 Å². The predicted molar refractivity (Wildman–Crippen MR) is 74.5 cm³/mol. The zero-order chi connectivity index (χ0) is 14.2. The van der Waals surface area contributed by atoms with E-state index in [0.29, 0.717) is 0 Å². The highest BCUT2D eigenvalue weighted by molar-refractivity contribution is 6.07. The van der Waals surface area contributed by atoms with Crippen molar-refractivity contribution in [3.8, 4) is 0 Å². The van der Waals surface area contributed by atoms with Gasteiger partial charge in [0.25, 0.3) is 0 Å². The van der Waals surface area contributed by atoms with E-state index in [1.54, 1.807) is 11.9 Å². The summed E-state index contributed by atoms with van der Waals surface area (Å²) in [6, 6.07) is 5.72. The monoisotopic (exact) mass is 264 g/mol. The molecule has 1 amide bonds. The molecule has 0 aromatic heterocycles. The van der Waals surface area contributed by atoms with Gasteiger partial charge in [-0.15, -0.1) is 0 Å². The van der Waals surface area contributed by atoms with Crippen molar-refractivity contribution in [2.45, 2.75) is 25.4 Å². The van der Waals surface area contributed by atoms with Gasteiger partial charge in [-0.3, -0.25) is 4.79 Å². The van der Waals surface area contributed by atoms with Gasteiger partial charge in [-0.05, 0) is 31.5 Å². The summed E-state index contributed by atoms with van der Waals surface area (Å²) in [6.07, 6.45) is -0.788. The molecule has 1 aliphatic rings. The molecule has 5 nitrogen and oxygen atoms in total. The van der Waals surface area contributed by atoms with Crippen LogP contribution in [-0.2, 0) is 10.2 Å². The molecular weight excluding hydrogens is 244 g/mol. The number of hydrogen-bond donors (Lipinski definition) is 3. The normalized spacial score (nSPS) is 18.4. The molecule has 0 bridgehead atoms. The fraction of sp³-hybridized carbons (Fsp3) is 0.500. The van der Waals surface area contributed by atoms with Crippen LogP contribution in [-0.4, -0.2) is 42.4 Å². The Morgan fingerprint density at radius 1 is 1.42 bits per heavy atom. The number of rotatable bonds is 4. The van der Waals surface area contributed by atoms with E-state index in [2.05, 4.69) is 5.32 Å². The molecule has 104 valence electrons. The molecule has 0 aliphatic carbocycles. The van der Waals surface area contributed by atoms with Crippen LogP contribution in [0.3, 0.4) is 0 Å². The fourth-order valence-corrected chi connectivity index (χ4v) is 2.39. The molecule has 1 aromatic carbocycles. The van der Waals surface area contributed by atoms with Crippen molar-refractivity contribution in [2.75, 3.05) is 30.4 Å². The summed E-state index contributed by atoms with van der Waals surface area (Å²) >= 11 is 0. The number of fused-ring (bicyclic) bond motifs is 1. The van der Waals surface area contributed by atoms with Crippen LogP contribution >= 0.6 is 0 Å². The molecule has 2 rings (SSSR count). The summed E-state index contributed by atoms with van der Waals surface area (Å²) in [5.41, 5.74) is 2.23. The molecule has 1 unspecified atom stereocenters. The highest BCUT2D eigenvalue weighted by Crippen LogP contribution is 2.41. The van der Waals surface area contributed by atoms with Gasteiger partial charge < -0.3 is 20.4 Å². The van der Waals surface area contributed by atoms with Gasteiger partial charge in [-0.1, -0.05) is 6.07 Å². The maximum atomic E-state index is 12.1. The molecule has 19 heavy (non-hydrogen) atoms. The zero-order valence-electron chi connectivity index (χ0n) is 11.5. The van der Waals surface area contributed by atoms with Crippen LogP contribution in [0.5, 0.6) is 0 Å². The second kappa shape index (κ2) is 4.83. The Labute approximate surface area is 112 Å². The topological polar surface area (TPSA) is 72.8 Å². The van der Waals surface area contributed by atoms with Crippen molar-refractivity contribution in [1.82, 2.24) is 0 Å². The highest BCUT2D eigenvalue weighted by atomic mass is 16.3. The first-order chi connectivity index (χ1) is 8.87. The number of hydrogen-bond acceptors (Lipinski definition) is 4. The quantitative estimate of drug-likeness (QED) is 0.748. The second-order valence-corrected chi connectivity index (χ2v) is 5.44. The lowest BCUT2D eigenvalue weighted by atomic mass is 9.86. The minimum atomic E-state index is -0.788. The van der Waals surface area contributed by atoms with Gasteiger partial charge in [0.1, 0.15) is 0 Å². The molecule has 0 saturated heterocycles. The number of nitrogens with one attached hydrogen (secondary N) is 1. The average molecular weight is 264 g/mol. The first-order valence-corrected chi connectivity index (χ1v) is 6.33. The number of amides is 1. The standard InChI is InChI=1S/C14H20N2O3/c1-14(2)11-5-4-9(15-7-10(18)8-17)6-12(11)16(3)13(14)19/h4-6,10,15,17-18H,7-8H2,1-3H3. The number of nitrogens with zero attached hydrogens (tertiary/aromatic N) is 1. The largest absolute Gasteiger partial charge is 0.394 e. The number of likely N-dealkylation sites (N-methyl/N-ethyl adjacent to an activating group) is 1. The first-order valence-electron chi connectivity index (χ1n) is 6.33. The molecule has 0 spiro atoms. The Balaban J connectivity index is 2.24. The van der Waals surface area contributed by atoms with Gasteiger partial charge in [0.05, 0.1) is 18.1 Å². The van der Waals surface area contributed by atoms with E-state index in [0.717, 1.165) is 16.9 Å². The molecule has 1 atom stereocenters. The van der Waals surface area contributed by atoms with Crippen molar-refractivity contribution in [1.29, 1.82) is 0 Å². The molecule has 0 fully saturated rings. The Kier molecular flexibility index (Phi) is 3.52. The van der Waals surface area contributed by atoms with Crippen LogP contribution in [0.15, 0.2) is 18.2 Å². The molecule has 0 saturated carbocycles. The fourth-order valence-electron chi connectivity index (χ4n) is 2.39. The van der Waals surface area contributed by atoms with Gasteiger partial charge in [-0.2, -0.15) is 0 Å². The van der Waals surface area contributed by atoms with E-state index in [4.69, 9.17) is 5.11 Å². The summed E-state index contributed by atoms with van der Waals surface area (Å²) in [5.74, 6) is 0.0787. The molecule has 3 N–H and O–H groups in total. The third-order valence-corrected chi connectivity index (χ3v) is 3.62. The number of anilines is 2. The maximum absolute atomic E-state index is 12.1. The lowest BCUT2D eigenvalue weighted by molar-refractivity contribution is -0.121. The number of carbonyl (C=O) groups is 1. The van der Waals surface area contributed by atoms with E-state index in [1.807, 2.05) is 32.0 Å². The predicted octanol–water partition coefficient (Wildman–Crippen LogP) is 0.706. The van der Waals surface area contributed by atoms with Crippen LogP contribution in [0.2, 0.25) is 0 Å². The smallest absolute Gasteiger partial charge is 0.236 e. The van der Waals surface area contributed by atoms with Crippen molar-refractivity contribution >= 4 is 17.3 Å². The molecular formula is C14H20N2O3. The van der Waals surface area contributed by atoms with Crippen molar-refractivity contribution in [3.05, 3.63) is 23.8 Å². The highest BCUT2D eigenvalue weighted by Gasteiger charge is 2.42. The summed E-state index contributed by atoms with van der Waals surface area (Å²) < 4.78 is 0. The van der Waals surface area contributed by atoms with Crippen molar-refractivity contribution in [3.63, 3.8) is 0 Å². The van der Waals surface area contributed by atoms with E-state index in [1.165, 1.54) is 0 Å². The second-order valence-electron chi connectivity index (χ2n) is 5.44. The van der Waals surface area contributed by atoms with E-state index >= 15 is 0 Å². The van der Waals surface area contributed by atoms with Gasteiger partial charge in [0.2, 0.25) is 5.91 Å². The Hall–Kier alpha value is -1.59. The molecule has 5 heteroatoms. The van der Waals surface area contributed by atoms with E-state index < -0.39 is 11.5 Å². The number of carbonyl (C=O) groups excluding carboxylic acids is 1. The van der Waals surface area contributed by atoms with Crippen LogP contribution < -0.4 is 10.2 Å². The number of benzene rings is 1. The maximum Gasteiger partial charge on any atom is 0.236 e. The summed E-state index contributed by atoms with van der Waals surface area (Å²) in [4.78, 5) is 13.8. The zero-order valence-corrected chi connectivity index (χ0v) is 11.5. The van der Waals surface area contributed by atoms with Crippen molar-refractivity contribution in [2.24, 2.45) is 0 Å². The van der Waals surface area contributed by atoms with Gasteiger partial charge >= 0.3 is 0 Å². The average Bonchev–Trinajstić information content (AvgIpc) is 2.57. The lowest BCUT2D eigenvalue weighted by Crippen LogP contribution is -2.33. The minimum Gasteiger partial charge on any atom is -0.394 e. The molecule has 1 heterocycles. The van der Waals surface area contributed by atoms with Crippen LogP contribution in [0.25, 0.3) is 0 Å². The van der Waals surface area contributed by atoms with Crippen LogP contribution in [0, 0.1) is 0 Å². The number of aliphatic hydroxyl groups excluding tert-OH is 2. The molecule has 1 aromatic rings. The van der Waals surface area contributed by atoms with Gasteiger partial charge in [0, 0.05) is 25.0 Å². The SMILES string of the molecule is CN1C(=O)C(C)(C)c2ccc(NCC(O)CO)cc21. The van der Waals surface area contributed by atoms with Crippen molar-refractivity contribution < 1.29 is 15.0 Å². The van der Waals surface area contributed by atoms with Gasteiger partial charge in [0.15, 0.2) is 0 Å². The van der Waals surface area contributed by atoms with Gasteiger partial charge in [-0.25, -0.2) is 0 Å². The molecule has 1 aliphatic heterocycles. The molecule has 0 radical (unpaired) electrons. The third kappa shape index (κ3) is 2.31. The Morgan fingerprint density at radius 2 is 2.11 bits per heavy atom. The van der Waals surface area contributed by atoms with E-state index in [9.17, 15) is 9.90 Å².